The van der Waals surface area contributed by atoms with Gasteiger partial charge in [0.15, 0.2) is 0 Å². The number of anilines is 1. The van der Waals surface area contributed by atoms with Crippen LogP contribution in [0.15, 0.2) is 6.20 Å². The highest BCUT2D eigenvalue weighted by atomic mass is 35.5. The van der Waals surface area contributed by atoms with Crippen LogP contribution in [0.25, 0.3) is 0 Å². The number of carbonyl (C=O) groups is 1. The van der Waals surface area contributed by atoms with Crippen LogP contribution in [0.3, 0.4) is 0 Å². The molecule has 1 N–H and O–H groups in total. The van der Waals surface area contributed by atoms with Crippen LogP contribution in [-0.4, -0.2) is 28.6 Å². The quantitative estimate of drug-likeness (QED) is 0.644. The van der Waals surface area contributed by atoms with Gasteiger partial charge in [-0.25, -0.2) is 9.78 Å². The summed E-state index contributed by atoms with van der Waals surface area (Å²) < 4.78 is 4.91. The van der Waals surface area contributed by atoms with E-state index in [1.165, 1.54) is 6.20 Å². The second kappa shape index (κ2) is 4.65. The van der Waals surface area contributed by atoms with Crippen molar-refractivity contribution in [1.29, 1.82) is 0 Å². The third kappa shape index (κ3) is 2.61. The topological polar surface area (TPSA) is 64.1 Å². The minimum absolute atomic E-state index is 0.121. The van der Waals surface area contributed by atoms with Crippen molar-refractivity contribution in [2.24, 2.45) is 0 Å². The molecule has 0 radical (unpaired) electrons. The van der Waals surface area contributed by atoms with Gasteiger partial charge < -0.3 is 10.1 Å². The van der Waals surface area contributed by atoms with Gasteiger partial charge in [0.05, 0.1) is 6.61 Å². The molecule has 0 unspecified atom stereocenters. The molecule has 0 spiro atoms. The Bertz CT molecular complexity index is 407. The van der Waals surface area contributed by atoms with Gasteiger partial charge in [-0.15, -0.1) is 0 Å². The maximum Gasteiger partial charge on any atom is 0.343 e. The van der Waals surface area contributed by atoms with E-state index in [2.05, 4.69) is 15.3 Å². The van der Waals surface area contributed by atoms with Crippen molar-refractivity contribution in [3.8, 4) is 0 Å². The predicted octanol–water partition coefficient (Wildman–Crippen LogP) is 1.88. The highest BCUT2D eigenvalue weighted by Gasteiger charge is 2.25. The molecule has 0 atom stereocenters. The molecule has 16 heavy (non-hydrogen) atoms. The Kier molecular flexibility index (Phi) is 3.24. The Morgan fingerprint density at radius 1 is 1.69 bits per heavy atom. The van der Waals surface area contributed by atoms with E-state index in [-0.39, 0.29) is 5.28 Å². The molecule has 86 valence electrons. The molecule has 0 saturated heterocycles. The monoisotopic (exact) mass is 241 g/mol. The van der Waals surface area contributed by atoms with E-state index >= 15 is 0 Å². The molecule has 5 nitrogen and oxygen atoms in total. The lowest BCUT2D eigenvalue weighted by Gasteiger charge is -2.08. The zero-order valence-electron chi connectivity index (χ0n) is 8.86. The highest BCUT2D eigenvalue weighted by molar-refractivity contribution is 6.28. The second-order valence-corrected chi connectivity index (χ2v) is 3.88. The Hall–Kier alpha value is -1.36. The zero-order valence-corrected chi connectivity index (χ0v) is 9.62. The maximum atomic E-state index is 11.6. The number of ether oxygens (including phenoxy) is 1. The van der Waals surface area contributed by atoms with Crippen molar-refractivity contribution in [1.82, 2.24) is 9.97 Å². The SMILES string of the molecule is CCOC(=O)c1cnc(Cl)nc1NC1CC1. The van der Waals surface area contributed by atoms with E-state index in [4.69, 9.17) is 16.3 Å². The van der Waals surface area contributed by atoms with Gasteiger partial charge in [0, 0.05) is 12.2 Å². The second-order valence-electron chi connectivity index (χ2n) is 3.54. The number of nitrogens with zero attached hydrogens (tertiary/aromatic N) is 2. The van der Waals surface area contributed by atoms with Gasteiger partial charge in [0.25, 0.3) is 0 Å². The van der Waals surface area contributed by atoms with Crippen molar-refractivity contribution in [3.63, 3.8) is 0 Å². The summed E-state index contributed by atoms with van der Waals surface area (Å²) in [6.07, 6.45) is 3.56. The average Bonchev–Trinajstić information content (AvgIpc) is 3.02. The summed E-state index contributed by atoms with van der Waals surface area (Å²) in [5.41, 5.74) is 0.332. The van der Waals surface area contributed by atoms with Gasteiger partial charge in [-0.3, -0.25) is 0 Å². The fourth-order valence-electron chi connectivity index (χ4n) is 1.25. The van der Waals surface area contributed by atoms with Crippen LogP contribution in [0, 0.1) is 0 Å². The molecule has 1 fully saturated rings. The maximum absolute atomic E-state index is 11.6. The molecule has 6 heteroatoms. The fourth-order valence-corrected chi connectivity index (χ4v) is 1.38. The lowest BCUT2D eigenvalue weighted by atomic mass is 10.3. The molecule has 1 aliphatic carbocycles. The van der Waals surface area contributed by atoms with Gasteiger partial charge in [0.2, 0.25) is 5.28 Å². The number of esters is 1. The smallest absolute Gasteiger partial charge is 0.343 e. The standard InChI is InChI=1S/C10H12ClN3O2/c1-2-16-9(15)7-5-12-10(11)14-8(7)13-6-3-4-6/h5-6H,2-4H2,1H3,(H,12,13,14). The largest absolute Gasteiger partial charge is 0.462 e. The van der Waals surface area contributed by atoms with Crippen LogP contribution in [0.4, 0.5) is 5.82 Å². The molecular weight excluding hydrogens is 230 g/mol. The molecule has 2 rings (SSSR count). The number of rotatable bonds is 4. The van der Waals surface area contributed by atoms with Crippen LogP contribution in [-0.2, 0) is 4.74 Å². The lowest BCUT2D eigenvalue weighted by molar-refractivity contribution is 0.0526. The average molecular weight is 242 g/mol. The molecule has 1 heterocycles. The molecule has 0 aliphatic heterocycles. The van der Waals surface area contributed by atoms with E-state index in [1.807, 2.05) is 0 Å². The minimum Gasteiger partial charge on any atom is -0.462 e. The zero-order chi connectivity index (χ0) is 11.5. The number of halogens is 1. The summed E-state index contributed by atoms with van der Waals surface area (Å²) in [7, 11) is 0. The number of carbonyl (C=O) groups excluding carboxylic acids is 1. The first-order chi connectivity index (χ1) is 7.70. The Morgan fingerprint density at radius 3 is 3.06 bits per heavy atom. The summed E-state index contributed by atoms with van der Waals surface area (Å²) in [4.78, 5) is 19.4. The fraction of sp³-hybridized carbons (Fsp3) is 0.500. The first kappa shape index (κ1) is 11.1. The van der Waals surface area contributed by atoms with E-state index in [9.17, 15) is 4.79 Å². The molecule has 0 amide bonds. The predicted molar refractivity (Wildman–Crippen MR) is 59.6 cm³/mol. The van der Waals surface area contributed by atoms with Crippen LogP contribution in [0.2, 0.25) is 5.28 Å². The summed E-state index contributed by atoms with van der Waals surface area (Å²) in [5, 5.41) is 3.25. The highest BCUT2D eigenvalue weighted by Crippen LogP contribution is 2.26. The van der Waals surface area contributed by atoms with Crippen molar-refractivity contribution in [2.75, 3.05) is 11.9 Å². The first-order valence-corrected chi connectivity index (χ1v) is 5.54. The molecule has 0 aromatic carbocycles. The number of hydrogen-bond donors (Lipinski definition) is 1. The van der Waals surface area contributed by atoms with Gasteiger partial charge in [0.1, 0.15) is 11.4 Å². The summed E-state index contributed by atoms with van der Waals surface area (Å²) in [6.45, 7) is 2.08. The van der Waals surface area contributed by atoms with Gasteiger partial charge in [-0.05, 0) is 31.4 Å². The van der Waals surface area contributed by atoms with E-state index < -0.39 is 5.97 Å². The summed E-state index contributed by atoms with van der Waals surface area (Å²) in [6, 6.07) is 0.388. The van der Waals surface area contributed by atoms with Crippen molar-refractivity contribution < 1.29 is 9.53 Å². The normalized spacial score (nSPS) is 14.6. The molecule has 0 bridgehead atoms. The van der Waals surface area contributed by atoms with Crippen molar-refractivity contribution in [3.05, 3.63) is 17.0 Å². The lowest BCUT2D eigenvalue weighted by Crippen LogP contribution is -2.13. The molecule has 1 aromatic rings. The first-order valence-electron chi connectivity index (χ1n) is 5.17. The molecule has 1 aliphatic rings. The van der Waals surface area contributed by atoms with E-state index in [1.54, 1.807) is 6.92 Å². The molecule has 1 saturated carbocycles. The third-order valence-electron chi connectivity index (χ3n) is 2.17. The van der Waals surface area contributed by atoms with Crippen molar-refractivity contribution in [2.45, 2.75) is 25.8 Å². The van der Waals surface area contributed by atoms with Crippen LogP contribution in [0.1, 0.15) is 30.1 Å². The number of aromatic nitrogens is 2. The summed E-state index contributed by atoms with van der Waals surface area (Å²) in [5.74, 6) is 0.0308. The van der Waals surface area contributed by atoms with Crippen molar-refractivity contribution >= 4 is 23.4 Å². The Morgan fingerprint density at radius 2 is 2.44 bits per heavy atom. The van der Waals surface area contributed by atoms with Gasteiger partial charge in [-0.2, -0.15) is 4.98 Å². The minimum atomic E-state index is -0.428. The van der Waals surface area contributed by atoms with E-state index in [0.717, 1.165) is 12.8 Å². The van der Waals surface area contributed by atoms with Crippen LogP contribution in [0.5, 0.6) is 0 Å². The molecule has 1 aromatic heterocycles. The number of nitrogens with one attached hydrogen (secondary N) is 1. The third-order valence-corrected chi connectivity index (χ3v) is 2.36. The Labute approximate surface area is 98.2 Å². The van der Waals surface area contributed by atoms with Crippen LogP contribution < -0.4 is 5.32 Å². The Balaban J connectivity index is 2.23. The number of hydrogen-bond acceptors (Lipinski definition) is 5. The van der Waals surface area contributed by atoms with E-state index in [0.29, 0.717) is 24.0 Å². The summed E-state index contributed by atoms with van der Waals surface area (Å²) >= 11 is 5.69. The van der Waals surface area contributed by atoms with Crippen LogP contribution >= 0.6 is 11.6 Å². The van der Waals surface area contributed by atoms with Gasteiger partial charge >= 0.3 is 5.97 Å². The van der Waals surface area contributed by atoms with Gasteiger partial charge in [-0.1, -0.05) is 0 Å². The molecular formula is C10H12ClN3O2.